The van der Waals surface area contributed by atoms with Gasteiger partial charge in [0.2, 0.25) is 0 Å². The van der Waals surface area contributed by atoms with Crippen LogP contribution in [0.2, 0.25) is 0 Å². The van der Waals surface area contributed by atoms with E-state index in [0.717, 1.165) is 23.5 Å². The summed E-state index contributed by atoms with van der Waals surface area (Å²) in [6, 6.07) is 8.39. The minimum absolute atomic E-state index is 0.0387. The Balaban J connectivity index is 1.85. The molecule has 0 atom stereocenters. The van der Waals surface area contributed by atoms with E-state index in [1.165, 1.54) is 12.1 Å². The Labute approximate surface area is 156 Å². The van der Waals surface area contributed by atoms with Crippen molar-refractivity contribution in [2.45, 2.75) is 39.8 Å². The molecule has 3 rings (SSSR count). The third-order valence-corrected chi connectivity index (χ3v) is 4.11. The number of aromatic nitrogens is 5. The first kappa shape index (κ1) is 18.4. The van der Waals surface area contributed by atoms with Gasteiger partial charge in [-0.2, -0.15) is 0 Å². The molecule has 0 aliphatic carbocycles. The summed E-state index contributed by atoms with van der Waals surface area (Å²) in [7, 11) is 0. The largest absolute Gasteiger partial charge is 0.363 e. The smallest absolute Gasteiger partial charge is 0.269 e. The molecule has 9 nitrogen and oxygen atoms in total. The number of non-ortho nitro benzene ring substituents is 1. The minimum Gasteiger partial charge on any atom is -0.363 e. The van der Waals surface area contributed by atoms with E-state index >= 15 is 0 Å². The summed E-state index contributed by atoms with van der Waals surface area (Å²) in [6.07, 6.45) is 2.46. The third kappa shape index (κ3) is 4.25. The maximum absolute atomic E-state index is 10.8. The van der Waals surface area contributed by atoms with Gasteiger partial charge in [0.1, 0.15) is 12.1 Å². The van der Waals surface area contributed by atoms with E-state index in [0.29, 0.717) is 18.2 Å². The van der Waals surface area contributed by atoms with Gasteiger partial charge in [-0.15, -0.1) is 10.2 Å². The van der Waals surface area contributed by atoms with E-state index in [9.17, 15) is 10.1 Å². The SMILES string of the molecule is CCc1cc(NCc2nncn2C(C)C)nc(-c2ccc([N+](=O)[O-])cc2)n1. The van der Waals surface area contributed by atoms with Gasteiger partial charge in [-0.05, 0) is 32.4 Å². The average molecular weight is 367 g/mol. The molecule has 0 fully saturated rings. The highest BCUT2D eigenvalue weighted by molar-refractivity contribution is 5.59. The van der Waals surface area contributed by atoms with Crippen molar-refractivity contribution in [1.82, 2.24) is 24.7 Å². The van der Waals surface area contributed by atoms with Crippen molar-refractivity contribution in [2.24, 2.45) is 0 Å². The van der Waals surface area contributed by atoms with Crippen LogP contribution in [0.1, 0.15) is 38.3 Å². The summed E-state index contributed by atoms with van der Waals surface area (Å²) in [4.78, 5) is 19.5. The zero-order valence-corrected chi connectivity index (χ0v) is 15.5. The van der Waals surface area contributed by atoms with Crippen molar-refractivity contribution in [1.29, 1.82) is 0 Å². The van der Waals surface area contributed by atoms with Gasteiger partial charge in [0, 0.05) is 35.5 Å². The van der Waals surface area contributed by atoms with E-state index in [2.05, 4.69) is 39.3 Å². The van der Waals surface area contributed by atoms with Crippen LogP contribution in [0.5, 0.6) is 0 Å². The Kier molecular flexibility index (Phi) is 5.39. The Hall–Kier alpha value is -3.36. The van der Waals surface area contributed by atoms with E-state index in [-0.39, 0.29) is 11.7 Å². The van der Waals surface area contributed by atoms with Crippen LogP contribution in [0, 0.1) is 10.1 Å². The van der Waals surface area contributed by atoms with Crippen molar-refractivity contribution in [3.63, 3.8) is 0 Å². The molecule has 1 aromatic carbocycles. The number of hydrogen-bond acceptors (Lipinski definition) is 7. The van der Waals surface area contributed by atoms with Crippen LogP contribution < -0.4 is 5.32 Å². The zero-order chi connectivity index (χ0) is 19.4. The fourth-order valence-electron chi connectivity index (χ4n) is 2.62. The summed E-state index contributed by atoms with van der Waals surface area (Å²) >= 11 is 0. The molecule has 140 valence electrons. The molecule has 0 aliphatic rings. The number of nitro groups is 1. The first-order chi connectivity index (χ1) is 13.0. The van der Waals surface area contributed by atoms with Crippen LogP contribution in [-0.2, 0) is 13.0 Å². The lowest BCUT2D eigenvalue weighted by molar-refractivity contribution is -0.384. The molecule has 0 bridgehead atoms. The van der Waals surface area contributed by atoms with Crippen molar-refractivity contribution in [2.75, 3.05) is 5.32 Å². The molecule has 27 heavy (non-hydrogen) atoms. The van der Waals surface area contributed by atoms with Crippen molar-refractivity contribution >= 4 is 11.5 Å². The Morgan fingerprint density at radius 2 is 1.96 bits per heavy atom. The zero-order valence-electron chi connectivity index (χ0n) is 15.5. The van der Waals surface area contributed by atoms with Gasteiger partial charge in [0.05, 0.1) is 11.5 Å². The average Bonchev–Trinajstić information content (AvgIpc) is 3.15. The van der Waals surface area contributed by atoms with Crippen molar-refractivity contribution in [3.05, 3.63) is 58.3 Å². The Morgan fingerprint density at radius 1 is 1.22 bits per heavy atom. The Bertz CT molecular complexity index is 935. The Morgan fingerprint density at radius 3 is 2.59 bits per heavy atom. The number of hydrogen-bond donors (Lipinski definition) is 1. The molecule has 0 spiro atoms. The normalized spacial score (nSPS) is 11.0. The van der Waals surface area contributed by atoms with Gasteiger partial charge in [0.15, 0.2) is 11.6 Å². The summed E-state index contributed by atoms with van der Waals surface area (Å²) < 4.78 is 1.99. The topological polar surface area (TPSA) is 112 Å². The molecule has 2 aromatic heterocycles. The fraction of sp³-hybridized carbons (Fsp3) is 0.333. The summed E-state index contributed by atoms with van der Waals surface area (Å²) in [5.74, 6) is 2.02. The van der Waals surface area contributed by atoms with Crippen LogP contribution in [0.4, 0.5) is 11.5 Å². The van der Waals surface area contributed by atoms with Crippen molar-refractivity contribution < 1.29 is 4.92 Å². The monoisotopic (exact) mass is 367 g/mol. The van der Waals surface area contributed by atoms with Gasteiger partial charge >= 0.3 is 0 Å². The summed E-state index contributed by atoms with van der Waals surface area (Å²) in [5.41, 5.74) is 1.65. The summed E-state index contributed by atoms with van der Waals surface area (Å²) in [6.45, 7) is 6.64. The minimum atomic E-state index is -0.426. The first-order valence-corrected chi connectivity index (χ1v) is 8.73. The van der Waals surface area contributed by atoms with Crippen molar-refractivity contribution in [3.8, 4) is 11.4 Å². The highest BCUT2D eigenvalue weighted by atomic mass is 16.6. The molecule has 0 unspecified atom stereocenters. The number of nitrogens with one attached hydrogen (secondary N) is 1. The molecule has 0 radical (unpaired) electrons. The second kappa shape index (κ2) is 7.90. The molecule has 0 aliphatic heterocycles. The molecule has 2 heterocycles. The van der Waals surface area contributed by atoms with Gasteiger partial charge in [0.25, 0.3) is 5.69 Å². The lowest BCUT2D eigenvalue weighted by Crippen LogP contribution is -2.11. The van der Waals surface area contributed by atoms with Crippen LogP contribution in [0.15, 0.2) is 36.7 Å². The summed E-state index contributed by atoms with van der Waals surface area (Å²) in [5, 5.41) is 22.2. The molecular formula is C18H21N7O2. The molecule has 0 saturated heterocycles. The molecule has 3 aromatic rings. The molecular weight excluding hydrogens is 346 g/mol. The second-order valence-corrected chi connectivity index (χ2v) is 6.33. The van der Waals surface area contributed by atoms with Crippen LogP contribution in [0.3, 0.4) is 0 Å². The number of nitro benzene ring substituents is 1. The number of benzene rings is 1. The van der Waals surface area contributed by atoms with Gasteiger partial charge in [-0.25, -0.2) is 9.97 Å². The maximum atomic E-state index is 10.8. The van der Waals surface area contributed by atoms with E-state index in [4.69, 9.17) is 0 Å². The number of nitrogens with zero attached hydrogens (tertiary/aromatic N) is 6. The standard InChI is InChI=1S/C18H21N7O2/c1-4-14-9-16(19-10-17-23-20-11-24(17)12(2)3)22-18(21-14)13-5-7-15(8-6-13)25(26)27/h5-9,11-12H,4,10H2,1-3H3,(H,19,21,22). The second-order valence-electron chi connectivity index (χ2n) is 6.33. The van der Waals surface area contributed by atoms with Crippen LogP contribution in [0.25, 0.3) is 11.4 Å². The highest BCUT2D eigenvalue weighted by Gasteiger charge is 2.11. The fourth-order valence-corrected chi connectivity index (χ4v) is 2.62. The lowest BCUT2D eigenvalue weighted by atomic mass is 10.2. The highest BCUT2D eigenvalue weighted by Crippen LogP contribution is 2.22. The molecule has 0 saturated carbocycles. The number of aryl methyl sites for hydroxylation is 1. The molecule has 0 amide bonds. The van der Waals surface area contributed by atoms with E-state index in [1.54, 1.807) is 18.5 Å². The third-order valence-electron chi connectivity index (χ3n) is 4.11. The lowest BCUT2D eigenvalue weighted by Gasteiger charge is -2.12. The van der Waals surface area contributed by atoms with Crippen LogP contribution >= 0.6 is 0 Å². The predicted molar refractivity (Wildman–Crippen MR) is 101 cm³/mol. The van der Waals surface area contributed by atoms with E-state index in [1.807, 2.05) is 17.6 Å². The number of rotatable bonds is 7. The van der Waals surface area contributed by atoms with Gasteiger partial charge in [-0.1, -0.05) is 6.92 Å². The maximum Gasteiger partial charge on any atom is 0.269 e. The quantitative estimate of drug-likeness (QED) is 0.503. The van der Waals surface area contributed by atoms with Gasteiger partial charge in [-0.3, -0.25) is 10.1 Å². The molecule has 1 N–H and O–H groups in total. The predicted octanol–water partition coefficient (Wildman–Crippen LogP) is 3.40. The van der Waals surface area contributed by atoms with E-state index < -0.39 is 4.92 Å². The van der Waals surface area contributed by atoms with Crippen LogP contribution in [-0.4, -0.2) is 29.7 Å². The molecule has 9 heteroatoms. The van der Waals surface area contributed by atoms with Gasteiger partial charge < -0.3 is 9.88 Å². The number of anilines is 1. The first-order valence-electron chi connectivity index (χ1n) is 8.73.